The number of nitrogen functional groups attached to an aromatic ring is 1. The minimum absolute atomic E-state index is 0.225. The van der Waals surface area contributed by atoms with E-state index >= 15 is 0 Å². The summed E-state index contributed by atoms with van der Waals surface area (Å²) in [6, 6.07) is 13.1. The summed E-state index contributed by atoms with van der Waals surface area (Å²) >= 11 is 6.35. The molecule has 6 nitrogen and oxygen atoms in total. The molecule has 30 heavy (non-hydrogen) atoms. The lowest BCUT2D eigenvalue weighted by Gasteiger charge is -2.11. The Labute approximate surface area is 179 Å². The average molecular weight is 423 g/mol. The maximum atomic E-state index is 13.0. The highest BCUT2D eigenvalue weighted by atomic mass is 35.5. The maximum Gasteiger partial charge on any atom is 0.344 e. The monoisotopic (exact) mass is 422 g/mol. The van der Waals surface area contributed by atoms with Gasteiger partial charge < -0.3 is 10.5 Å². The third-order valence-corrected chi connectivity index (χ3v) is 5.72. The number of rotatable bonds is 5. The van der Waals surface area contributed by atoms with Gasteiger partial charge in [-0.05, 0) is 42.7 Å². The highest BCUT2D eigenvalue weighted by Crippen LogP contribution is 2.32. The zero-order valence-corrected chi connectivity index (χ0v) is 17.9. The molecule has 0 aliphatic rings. The van der Waals surface area contributed by atoms with Crippen LogP contribution in [0.3, 0.4) is 0 Å². The van der Waals surface area contributed by atoms with Gasteiger partial charge in [-0.25, -0.2) is 14.8 Å². The zero-order valence-electron chi connectivity index (χ0n) is 17.1. The van der Waals surface area contributed by atoms with E-state index in [1.54, 1.807) is 10.6 Å². The van der Waals surface area contributed by atoms with E-state index in [2.05, 4.69) is 6.92 Å². The molecule has 4 aromatic rings. The van der Waals surface area contributed by atoms with Crippen molar-refractivity contribution in [3.05, 3.63) is 58.6 Å². The molecule has 2 N–H and O–H groups in total. The van der Waals surface area contributed by atoms with Crippen molar-refractivity contribution in [3.63, 3.8) is 0 Å². The van der Waals surface area contributed by atoms with Crippen molar-refractivity contribution in [2.45, 2.75) is 27.2 Å². The lowest BCUT2D eigenvalue weighted by molar-refractivity contribution is 0.0450. The molecule has 0 bridgehead atoms. The van der Waals surface area contributed by atoms with E-state index in [1.807, 2.05) is 50.2 Å². The van der Waals surface area contributed by atoms with Crippen LogP contribution in [0.5, 0.6) is 0 Å². The topological polar surface area (TPSA) is 83.0 Å². The van der Waals surface area contributed by atoms with E-state index in [0.29, 0.717) is 39.5 Å². The van der Waals surface area contributed by atoms with Gasteiger partial charge in [0.25, 0.3) is 0 Å². The Morgan fingerprint density at radius 3 is 2.57 bits per heavy atom. The molecule has 0 spiro atoms. The van der Waals surface area contributed by atoms with Gasteiger partial charge in [0.1, 0.15) is 16.9 Å². The van der Waals surface area contributed by atoms with Gasteiger partial charge in [0.15, 0.2) is 5.65 Å². The molecule has 0 unspecified atom stereocenters. The van der Waals surface area contributed by atoms with Crippen LogP contribution < -0.4 is 5.73 Å². The number of fused-ring (bicyclic) bond motifs is 2. The molecule has 2 aromatic heterocycles. The molecule has 2 heterocycles. The van der Waals surface area contributed by atoms with E-state index < -0.39 is 5.97 Å². The zero-order chi connectivity index (χ0) is 21.4. The molecule has 1 atom stereocenters. The Morgan fingerprint density at radius 2 is 1.90 bits per heavy atom. The second-order valence-corrected chi connectivity index (χ2v) is 7.93. The molecule has 0 aliphatic carbocycles. The van der Waals surface area contributed by atoms with Crippen LogP contribution in [0.2, 0.25) is 5.02 Å². The second kappa shape index (κ2) is 7.95. The highest BCUT2D eigenvalue weighted by molar-refractivity contribution is 6.31. The average Bonchev–Trinajstić information content (AvgIpc) is 3.02. The first-order valence-electron chi connectivity index (χ1n) is 9.91. The molecule has 0 amide bonds. The number of aromatic nitrogens is 3. The largest absolute Gasteiger partial charge is 0.462 e. The fourth-order valence-corrected chi connectivity index (χ4v) is 3.43. The number of nitrogens with zero attached hydrogens (tertiary/aromatic N) is 3. The quantitative estimate of drug-likeness (QED) is 0.440. The van der Waals surface area contributed by atoms with Gasteiger partial charge in [0.2, 0.25) is 0 Å². The van der Waals surface area contributed by atoms with Crippen LogP contribution in [0.4, 0.5) is 5.82 Å². The van der Waals surface area contributed by atoms with Crippen LogP contribution in [0.25, 0.3) is 27.9 Å². The van der Waals surface area contributed by atoms with Gasteiger partial charge in [0.05, 0.1) is 23.3 Å². The standard InChI is InChI=1S/C23H23ClN4O2/c1-4-13(2)12-30-23(29)19-20-22(27-18-8-6-5-7-17(18)26-20)28(21(19)25)15-10-9-14(3)16(24)11-15/h5-11,13H,4,12,25H2,1-3H3/t13-/m0/s1. The number of aryl methyl sites for hydroxylation is 1. The summed E-state index contributed by atoms with van der Waals surface area (Å²) in [7, 11) is 0. The molecule has 0 saturated heterocycles. The Bertz CT molecular complexity index is 1270. The highest BCUT2D eigenvalue weighted by Gasteiger charge is 2.26. The first-order valence-corrected chi connectivity index (χ1v) is 10.3. The van der Waals surface area contributed by atoms with Crippen molar-refractivity contribution in [1.82, 2.24) is 14.5 Å². The first-order chi connectivity index (χ1) is 14.4. The number of halogens is 1. The molecule has 2 aromatic carbocycles. The lowest BCUT2D eigenvalue weighted by Crippen LogP contribution is -2.13. The van der Waals surface area contributed by atoms with E-state index in [-0.39, 0.29) is 17.3 Å². The van der Waals surface area contributed by atoms with Crippen molar-refractivity contribution < 1.29 is 9.53 Å². The molecule has 7 heteroatoms. The Morgan fingerprint density at radius 1 is 1.20 bits per heavy atom. The molecular formula is C23H23ClN4O2. The van der Waals surface area contributed by atoms with E-state index in [9.17, 15) is 4.79 Å². The normalized spacial score (nSPS) is 12.4. The van der Waals surface area contributed by atoms with Crippen LogP contribution >= 0.6 is 11.6 Å². The van der Waals surface area contributed by atoms with E-state index in [1.165, 1.54) is 0 Å². The fraction of sp³-hybridized carbons (Fsp3) is 0.261. The van der Waals surface area contributed by atoms with Crippen LogP contribution in [0.15, 0.2) is 42.5 Å². The SMILES string of the molecule is CC[C@H](C)COC(=O)c1c(N)n(-c2ccc(C)c(Cl)c2)c2nc3ccccc3nc12. The van der Waals surface area contributed by atoms with Crippen molar-refractivity contribution in [3.8, 4) is 5.69 Å². The number of carbonyl (C=O) groups is 1. The number of para-hydroxylation sites is 2. The Hall–Kier alpha value is -3.12. The third kappa shape index (κ3) is 3.48. The minimum Gasteiger partial charge on any atom is -0.462 e. The van der Waals surface area contributed by atoms with E-state index in [0.717, 1.165) is 12.0 Å². The summed E-state index contributed by atoms with van der Waals surface area (Å²) in [6.45, 7) is 6.33. The third-order valence-electron chi connectivity index (χ3n) is 5.31. The van der Waals surface area contributed by atoms with Crippen molar-refractivity contribution in [2.75, 3.05) is 12.3 Å². The molecular weight excluding hydrogens is 400 g/mol. The molecule has 4 rings (SSSR count). The lowest BCUT2D eigenvalue weighted by atomic mass is 10.1. The number of anilines is 1. The number of hydrogen-bond acceptors (Lipinski definition) is 5. The van der Waals surface area contributed by atoms with Crippen molar-refractivity contribution >= 4 is 45.6 Å². The number of esters is 1. The van der Waals surface area contributed by atoms with Gasteiger partial charge in [0, 0.05) is 5.02 Å². The first kappa shape index (κ1) is 20.2. The predicted molar refractivity (Wildman–Crippen MR) is 120 cm³/mol. The summed E-state index contributed by atoms with van der Waals surface area (Å²) in [4.78, 5) is 22.4. The summed E-state index contributed by atoms with van der Waals surface area (Å²) < 4.78 is 7.26. The molecule has 154 valence electrons. The molecule has 0 aliphatic heterocycles. The molecule has 0 saturated carbocycles. The Kier molecular flexibility index (Phi) is 5.35. The van der Waals surface area contributed by atoms with Crippen LogP contribution in [0, 0.1) is 12.8 Å². The van der Waals surface area contributed by atoms with E-state index in [4.69, 9.17) is 32.0 Å². The number of ether oxygens (including phenoxy) is 1. The van der Waals surface area contributed by atoms with Crippen LogP contribution in [-0.2, 0) is 4.74 Å². The van der Waals surface area contributed by atoms with Gasteiger partial charge in [-0.1, -0.05) is 50.1 Å². The number of hydrogen-bond donors (Lipinski definition) is 1. The van der Waals surface area contributed by atoms with Crippen LogP contribution in [0.1, 0.15) is 36.2 Å². The minimum atomic E-state index is -0.501. The maximum absolute atomic E-state index is 13.0. The predicted octanol–water partition coefficient (Wildman–Crippen LogP) is 5.32. The molecule has 0 radical (unpaired) electrons. The number of benzene rings is 2. The second-order valence-electron chi connectivity index (χ2n) is 7.53. The summed E-state index contributed by atoms with van der Waals surface area (Å²) in [6.07, 6.45) is 0.914. The van der Waals surface area contributed by atoms with Gasteiger partial charge in [-0.3, -0.25) is 4.57 Å². The van der Waals surface area contributed by atoms with Crippen molar-refractivity contribution in [2.24, 2.45) is 5.92 Å². The van der Waals surface area contributed by atoms with Crippen molar-refractivity contribution in [1.29, 1.82) is 0 Å². The van der Waals surface area contributed by atoms with Gasteiger partial charge in [-0.15, -0.1) is 0 Å². The summed E-state index contributed by atoms with van der Waals surface area (Å²) in [5.74, 6) is -0.0138. The summed E-state index contributed by atoms with van der Waals surface area (Å²) in [5.41, 5.74) is 10.6. The molecule has 0 fully saturated rings. The fourth-order valence-electron chi connectivity index (χ4n) is 3.25. The van der Waals surface area contributed by atoms with Crippen LogP contribution in [-0.4, -0.2) is 27.1 Å². The smallest absolute Gasteiger partial charge is 0.344 e. The van der Waals surface area contributed by atoms with Gasteiger partial charge >= 0.3 is 5.97 Å². The summed E-state index contributed by atoms with van der Waals surface area (Å²) in [5, 5.41) is 0.600. The Balaban J connectivity index is 1.96. The number of carbonyl (C=O) groups excluding carboxylic acids is 1. The van der Waals surface area contributed by atoms with Gasteiger partial charge in [-0.2, -0.15) is 0 Å². The number of nitrogens with two attached hydrogens (primary N) is 1.